The molecule has 2 rings (SSSR count). The zero-order chi connectivity index (χ0) is 11.5. The van der Waals surface area contributed by atoms with Gasteiger partial charge in [0.2, 0.25) is 11.7 Å². The molecule has 0 saturated carbocycles. The molecule has 2 aromatic rings. The van der Waals surface area contributed by atoms with Gasteiger partial charge in [-0.15, -0.1) is 0 Å². The summed E-state index contributed by atoms with van der Waals surface area (Å²) in [5, 5.41) is 14.6. The van der Waals surface area contributed by atoms with Crippen molar-refractivity contribution in [2.45, 2.75) is 6.42 Å². The van der Waals surface area contributed by atoms with Crippen molar-refractivity contribution in [3.05, 3.63) is 35.2 Å². The standard InChI is InChI=1S/C10H7ClN2O3/c11-7-3-1-6(2-4-7)10-12-8(16-13-10)5-9(14)15/h1-4H,5H2,(H,14,15)/p-1. The van der Waals surface area contributed by atoms with Crippen molar-refractivity contribution in [2.24, 2.45) is 0 Å². The predicted molar refractivity (Wildman–Crippen MR) is 53.5 cm³/mol. The first kappa shape index (κ1) is 10.6. The number of nitrogens with zero attached hydrogens (tertiary/aromatic N) is 2. The van der Waals surface area contributed by atoms with Gasteiger partial charge in [-0.1, -0.05) is 16.8 Å². The first-order chi connectivity index (χ1) is 7.65. The fourth-order valence-electron chi connectivity index (χ4n) is 1.17. The van der Waals surface area contributed by atoms with Crippen molar-refractivity contribution in [1.82, 2.24) is 10.1 Å². The lowest BCUT2D eigenvalue weighted by Gasteiger charge is -1.94. The van der Waals surface area contributed by atoms with Gasteiger partial charge in [0.1, 0.15) is 0 Å². The van der Waals surface area contributed by atoms with Gasteiger partial charge in [0, 0.05) is 10.6 Å². The van der Waals surface area contributed by atoms with Gasteiger partial charge in [0.25, 0.3) is 0 Å². The SMILES string of the molecule is O=C([O-])Cc1nc(-c2ccc(Cl)cc2)no1. The number of carbonyl (C=O) groups is 1. The molecule has 1 aromatic heterocycles. The smallest absolute Gasteiger partial charge is 0.232 e. The van der Waals surface area contributed by atoms with Gasteiger partial charge in [-0.3, -0.25) is 0 Å². The van der Waals surface area contributed by atoms with Crippen LogP contribution in [0, 0.1) is 0 Å². The van der Waals surface area contributed by atoms with E-state index in [0.29, 0.717) is 16.4 Å². The van der Waals surface area contributed by atoms with E-state index in [0.717, 1.165) is 0 Å². The number of hydrogen-bond acceptors (Lipinski definition) is 5. The molecule has 5 nitrogen and oxygen atoms in total. The Morgan fingerprint density at radius 3 is 2.69 bits per heavy atom. The van der Waals surface area contributed by atoms with Gasteiger partial charge < -0.3 is 14.4 Å². The second kappa shape index (κ2) is 4.32. The average molecular weight is 238 g/mol. The summed E-state index contributed by atoms with van der Waals surface area (Å²) in [6, 6.07) is 6.81. The monoisotopic (exact) mass is 237 g/mol. The van der Waals surface area contributed by atoms with Crippen LogP contribution in [0.5, 0.6) is 0 Å². The van der Waals surface area contributed by atoms with Crippen LogP contribution in [0.1, 0.15) is 5.89 Å². The van der Waals surface area contributed by atoms with Crippen LogP contribution in [0.3, 0.4) is 0 Å². The van der Waals surface area contributed by atoms with Crippen LogP contribution >= 0.6 is 11.6 Å². The van der Waals surface area contributed by atoms with E-state index in [1.54, 1.807) is 24.3 Å². The van der Waals surface area contributed by atoms with Crippen molar-refractivity contribution in [2.75, 3.05) is 0 Å². The molecule has 0 atom stereocenters. The zero-order valence-electron chi connectivity index (χ0n) is 8.01. The summed E-state index contributed by atoms with van der Waals surface area (Å²) in [5.41, 5.74) is 0.706. The fourth-order valence-corrected chi connectivity index (χ4v) is 1.29. The molecule has 0 unspecified atom stereocenters. The minimum absolute atomic E-state index is 0.0185. The summed E-state index contributed by atoms with van der Waals surface area (Å²) in [6.07, 6.45) is -0.388. The highest BCUT2D eigenvalue weighted by Crippen LogP contribution is 2.18. The second-order valence-electron chi connectivity index (χ2n) is 3.07. The molecule has 16 heavy (non-hydrogen) atoms. The summed E-state index contributed by atoms with van der Waals surface area (Å²) in [6.45, 7) is 0. The number of rotatable bonds is 3. The Morgan fingerprint density at radius 1 is 1.38 bits per heavy atom. The highest BCUT2D eigenvalue weighted by Gasteiger charge is 2.08. The van der Waals surface area contributed by atoms with Crippen LogP contribution in [0.4, 0.5) is 0 Å². The molecule has 0 amide bonds. The highest BCUT2D eigenvalue weighted by molar-refractivity contribution is 6.30. The Hall–Kier alpha value is -1.88. The third-order valence-corrected chi connectivity index (χ3v) is 2.12. The molecule has 0 bridgehead atoms. The van der Waals surface area contributed by atoms with E-state index < -0.39 is 5.97 Å². The molecule has 0 radical (unpaired) electrons. The maximum Gasteiger partial charge on any atom is 0.232 e. The number of aromatic nitrogens is 2. The van der Waals surface area contributed by atoms with Gasteiger partial charge in [0.15, 0.2) is 0 Å². The summed E-state index contributed by atoms with van der Waals surface area (Å²) >= 11 is 5.72. The molecule has 0 aliphatic rings. The number of aliphatic carboxylic acids is 1. The summed E-state index contributed by atoms with van der Waals surface area (Å²) in [7, 11) is 0. The lowest BCUT2D eigenvalue weighted by molar-refractivity contribution is -0.305. The maximum atomic E-state index is 10.3. The van der Waals surface area contributed by atoms with E-state index in [-0.39, 0.29) is 12.3 Å². The molecule has 1 aromatic carbocycles. The molecule has 0 fully saturated rings. The molecule has 6 heteroatoms. The van der Waals surface area contributed by atoms with Crippen LogP contribution in [0.2, 0.25) is 5.02 Å². The number of carboxylic acid groups (broad SMARTS) is 1. The van der Waals surface area contributed by atoms with Gasteiger partial charge in [-0.25, -0.2) is 0 Å². The van der Waals surface area contributed by atoms with Crippen LogP contribution in [-0.2, 0) is 11.2 Å². The Morgan fingerprint density at radius 2 is 2.06 bits per heavy atom. The second-order valence-corrected chi connectivity index (χ2v) is 3.50. The minimum Gasteiger partial charge on any atom is -0.550 e. The Balaban J connectivity index is 2.24. The topological polar surface area (TPSA) is 79.0 Å². The van der Waals surface area contributed by atoms with Crippen molar-refractivity contribution in [3.8, 4) is 11.4 Å². The van der Waals surface area contributed by atoms with Crippen molar-refractivity contribution >= 4 is 17.6 Å². The van der Waals surface area contributed by atoms with Gasteiger partial charge in [-0.05, 0) is 24.3 Å². The number of benzene rings is 1. The predicted octanol–water partition coefficient (Wildman–Crippen LogP) is 0.682. The number of carbonyl (C=O) groups excluding carboxylic acids is 1. The lowest BCUT2D eigenvalue weighted by atomic mass is 10.2. The highest BCUT2D eigenvalue weighted by atomic mass is 35.5. The number of carboxylic acids is 1. The minimum atomic E-state index is -1.26. The van der Waals surface area contributed by atoms with E-state index in [9.17, 15) is 9.90 Å². The van der Waals surface area contributed by atoms with Gasteiger partial charge in [0.05, 0.1) is 12.4 Å². The molecular formula is C10H6ClN2O3-. The van der Waals surface area contributed by atoms with Gasteiger partial charge >= 0.3 is 0 Å². The van der Waals surface area contributed by atoms with E-state index in [4.69, 9.17) is 16.1 Å². The van der Waals surface area contributed by atoms with E-state index >= 15 is 0 Å². The normalized spacial score (nSPS) is 10.3. The van der Waals surface area contributed by atoms with Gasteiger partial charge in [-0.2, -0.15) is 4.98 Å². The Bertz CT molecular complexity index is 507. The first-order valence-corrected chi connectivity index (χ1v) is 4.81. The molecule has 0 aliphatic heterocycles. The van der Waals surface area contributed by atoms with Crippen LogP contribution in [-0.4, -0.2) is 16.1 Å². The average Bonchev–Trinajstić information content (AvgIpc) is 2.66. The van der Waals surface area contributed by atoms with Crippen molar-refractivity contribution < 1.29 is 14.4 Å². The quantitative estimate of drug-likeness (QED) is 0.784. The molecule has 0 aliphatic carbocycles. The molecule has 0 N–H and O–H groups in total. The molecule has 82 valence electrons. The third-order valence-electron chi connectivity index (χ3n) is 1.87. The Kier molecular flexibility index (Phi) is 2.87. The molecule has 0 saturated heterocycles. The number of halogens is 1. The van der Waals surface area contributed by atoms with Crippen molar-refractivity contribution in [3.63, 3.8) is 0 Å². The van der Waals surface area contributed by atoms with Crippen molar-refractivity contribution in [1.29, 1.82) is 0 Å². The summed E-state index contributed by atoms with van der Waals surface area (Å²) in [5.74, 6) is -0.913. The van der Waals surface area contributed by atoms with E-state index in [1.165, 1.54) is 0 Å². The Labute approximate surface area is 95.7 Å². The summed E-state index contributed by atoms with van der Waals surface area (Å²) < 4.78 is 4.75. The molecular weight excluding hydrogens is 232 g/mol. The molecule has 0 spiro atoms. The maximum absolute atomic E-state index is 10.3. The number of hydrogen-bond donors (Lipinski definition) is 0. The first-order valence-electron chi connectivity index (χ1n) is 4.43. The third kappa shape index (κ3) is 2.38. The van der Waals surface area contributed by atoms with E-state index in [2.05, 4.69) is 10.1 Å². The largest absolute Gasteiger partial charge is 0.550 e. The van der Waals surface area contributed by atoms with Crippen LogP contribution in [0.25, 0.3) is 11.4 Å². The molecule has 1 heterocycles. The summed E-state index contributed by atoms with van der Waals surface area (Å²) in [4.78, 5) is 14.2. The zero-order valence-corrected chi connectivity index (χ0v) is 8.77. The van der Waals surface area contributed by atoms with Crippen LogP contribution < -0.4 is 5.11 Å². The van der Waals surface area contributed by atoms with E-state index in [1.807, 2.05) is 0 Å². The fraction of sp³-hybridized carbons (Fsp3) is 0.100. The van der Waals surface area contributed by atoms with Crippen LogP contribution in [0.15, 0.2) is 28.8 Å². The lowest BCUT2D eigenvalue weighted by Crippen LogP contribution is -2.24.